The minimum atomic E-state index is 0.770. The van der Waals surface area contributed by atoms with Crippen LogP contribution in [-0.4, -0.2) is 9.97 Å². The Balaban J connectivity index is 0.000000956. The molecule has 2 heteroatoms. The van der Waals surface area contributed by atoms with Crippen molar-refractivity contribution >= 4 is 16.6 Å². The van der Waals surface area contributed by atoms with Gasteiger partial charge in [-0.25, -0.2) is 9.97 Å². The minimum absolute atomic E-state index is 0.770. The molecule has 20 heavy (non-hydrogen) atoms. The largest absolute Gasteiger partial charge is 0.237 e. The Morgan fingerprint density at radius 3 is 2.70 bits per heavy atom. The highest BCUT2D eigenvalue weighted by atomic mass is 14.8. The second kappa shape index (κ2) is 8.05. The number of fused-ring (bicyclic) bond motifs is 1. The Kier molecular flexibility index (Phi) is 6.38. The molecule has 0 fully saturated rings. The maximum absolute atomic E-state index is 4.61. The number of hydrogen-bond acceptors (Lipinski definition) is 2. The van der Waals surface area contributed by atoms with Gasteiger partial charge < -0.3 is 0 Å². The lowest BCUT2D eigenvalue weighted by atomic mass is 10.1. The monoisotopic (exact) mass is 266 g/mol. The Labute approximate surface area is 121 Å². The second-order valence-electron chi connectivity index (χ2n) is 4.06. The van der Waals surface area contributed by atoms with E-state index in [-0.39, 0.29) is 0 Å². The molecule has 0 aliphatic carbocycles. The number of aromatic nitrogens is 2. The predicted molar refractivity (Wildman–Crippen MR) is 88.6 cm³/mol. The van der Waals surface area contributed by atoms with E-state index in [1.54, 1.807) is 6.20 Å². The molecule has 0 bridgehead atoms. The highest BCUT2D eigenvalue weighted by Gasteiger charge is 2.06. The summed E-state index contributed by atoms with van der Waals surface area (Å²) in [5.74, 6) is 0. The smallest absolute Gasteiger partial charge is 0.159 e. The van der Waals surface area contributed by atoms with Gasteiger partial charge in [0.1, 0.15) is 0 Å². The third kappa shape index (κ3) is 3.64. The van der Waals surface area contributed by atoms with E-state index in [0.29, 0.717) is 0 Å². The second-order valence-corrected chi connectivity index (χ2v) is 4.06. The quantitative estimate of drug-likeness (QED) is 0.721. The normalized spacial score (nSPS) is 11.3. The van der Waals surface area contributed by atoms with E-state index < -0.39 is 0 Å². The molecule has 104 valence electrons. The molecule has 0 radical (unpaired) electrons. The van der Waals surface area contributed by atoms with Crippen molar-refractivity contribution in [1.82, 2.24) is 9.97 Å². The SMILES string of the molecule is C=C/C(=C\C=C/C)c1nc2ncccc2cc1C.CC. The van der Waals surface area contributed by atoms with Crippen molar-refractivity contribution in [2.75, 3.05) is 0 Å². The number of rotatable bonds is 3. The van der Waals surface area contributed by atoms with E-state index in [1.165, 1.54) is 0 Å². The zero-order valence-corrected chi connectivity index (χ0v) is 12.7. The maximum atomic E-state index is 4.61. The van der Waals surface area contributed by atoms with E-state index in [4.69, 9.17) is 0 Å². The van der Waals surface area contributed by atoms with Gasteiger partial charge in [0.05, 0.1) is 5.69 Å². The van der Waals surface area contributed by atoms with E-state index in [9.17, 15) is 0 Å². The molecule has 0 aliphatic rings. The zero-order valence-electron chi connectivity index (χ0n) is 12.7. The Morgan fingerprint density at radius 1 is 1.30 bits per heavy atom. The average Bonchev–Trinajstić information content (AvgIpc) is 2.50. The van der Waals surface area contributed by atoms with Crippen molar-refractivity contribution in [3.05, 3.63) is 66.5 Å². The molecule has 0 aromatic carbocycles. The van der Waals surface area contributed by atoms with Crippen LogP contribution in [-0.2, 0) is 0 Å². The summed E-state index contributed by atoms with van der Waals surface area (Å²) < 4.78 is 0. The molecule has 0 amide bonds. The highest BCUT2D eigenvalue weighted by molar-refractivity contribution is 5.82. The van der Waals surface area contributed by atoms with Crippen LogP contribution in [0.2, 0.25) is 0 Å². The Morgan fingerprint density at radius 2 is 2.05 bits per heavy atom. The standard InChI is InChI=1S/C16H16N2.C2H6/c1-4-6-8-13(5-2)15-12(3)11-14-9-7-10-17-16(14)18-15;1-2/h4-11H,2H2,1,3H3;1-2H3/b6-4-,13-8+;. The molecule has 0 N–H and O–H groups in total. The van der Waals surface area contributed by atoms with Gasteiger partial charge in [-0.1, -0.05) is 44.7 Å². The first-order valence-electron chi connectivity index (χ1n) is 6.94. The summed E-state index contributed by atoms with van der Waals surface area (Å²) in [5.41, 5.74) is 3.85. The minimum Gasteiger partial charge on any atom is -0.237 e. The van der Waals surface area contributed by atoms with Crippen LogP contribution in [0.4, 0.5) is 0 Å². The molecular weight excluding hydrogens is 244 g/mol. The number of aryl methyl sites for hydroxylation is 1. The molecule has 2 heterocycles. The number of nitrogens with zero attached hydrogens (tertiary/aromatic N) is 2. The van der Waals surface area contributed by atoms with Crippen LogP contribution in [0.3, 0.4) is 0 Å². The van der Waals surface area contributed by atoms with Gasteiger partial charge in [0.2, 0.25) is 0 Å². The summed E-state index contributed by atoms with van der Waals surface area (Å²) in [6, 6.07) is 6.06. The molecule has 0 aliphatic heterocycles. The van der Waals surface area contributed by atoms with Gasteiger partial charge in [-0.05, 0) is 43.2 Å². The average molecular weight is 266 g/mol. The Hall–Kier alpha value is -2.22. The predicted octanol–water partition coefficient (Wildman–Crippen LogP) is 5.11. The summed E-state index contributed by atoms with van der Waals surface area (Å²) in [5, 5.41) is 1.06. The number of pyridine rings is 2. The third-order valence-electron chi connectivity index (χ3n) is 2.74. The van der Waals surface area contributed by atoms with E-state index in [1.807, 2.05) is 57.2 Å². The highest BCUT2D eigenvalue weighted by Crippen LogP contribution is 2.21. The maximum Gasteiger partial charge on any atom is 0.159 e. The summed E-state index contributed by atoms with van der Waals surface area (Å²) in [4.78, 5) is 8.90. The van der Waals surface area contributed by atoms with Gasteiger partial charge in [0.25, 0.3) is 0 Å². The molecule has 0 spiro atoms. The van der Waals surface area contributed by atoms with E-state index in [0.717, 1.165) is 27.9 Å². The van der Waals surface area contributed by atoms with Crippen molar-refractivity contribution in [3.63, 3.8) is 0 Å². The van der Waals surface area contributed by atoms with Gasteiger partial charge in [0, 0.05) is 11.6 Å². The summed E-state index contributed by atoms with van der Waals surface area (Å²) in [6.07, 6.45) is 9.57. The van der Waals surface area contributed by atoms with Crippen LogP contribution in [0.5, 0.6) is 0 Å². The first-order chi connectivity index (χ1) is 9.76. The molecule has 2 nitrogen and oxygen atoms in total. The van der Waals surface area contributed by atoms with Crippen LogP contribution < -0.4 is 0 Å². The Bertz CT molecular complexity index is 637. The molecular formula is C18H22N2. The van der Waals surface area contributed by atoms with Gasteiger partial charge in [-0.3, -0.25) is 0 Å². The van der Waals surface area contributed by atoms with Gasteiger partial charge in [-0.2, -0.15) is 0 Å². The van der Waals surface area contributed by atoms with Crippen LogP contribution in [0.15, 0.2) is 55.3 Å². The van der Waals surface area contributed by atoms with Gasteiger partial charge in [-0.15, -0.1) is 0 Å². The molecule has 0 saturated heterocycles. The molecule has 2 rings (SSSR count). The lowest BCUT2D eigenvalue weighted by Gasteiger charge is -2.07. The van der Waals surface area contributed by atoms with Crippen molar-refractivity contribution in [1.29, 1.82) is 0 Å². The van der Waals surface area contributed by atoms with Crippen LogP contribution in [0.1, 0.15) is 32.0 Å². The molecule has 0 saturated carbocycles. The van der Waals surface area contributed by atoms with Crippen LogP contribution in [0.25, 0.3) is 16.6 Å². The first kappa shape index (κ1) is 15.8. The van der Waals surface area contributed by atoms with E-state index >= 15 is 0 Å². The molecule has 0 atom stereocenters. The number of allylic oxidation sites excluding steroid dienone is 5. The molecule has 0 unspecified atom stereocenters. The van der Waals surface area contributed by atoms with Crippen molar-refractivity contribution in [2.45, 2.75) is 27.7 Å². The fraction of sp³-hybridized carbons (Fsp3) is 0.222. The first-order valence-corrected chi connectivity index (χ1v) is 6.94. The summed E-state index contributed by atoms with van der Waals surface area (Å²) in [6.45, 7) is 11.9. The topological polar surface area (TPSA) is 25.8 Å². The lowest BCUT2D eigenvalue weighted by molar-refractivity contribution is 1.22. The van der Waals surface area contributed by atoms with Crippen molar-refractivity contribution in [3.8, 4) is 0 Å². The van der Waals surface area contributed by atoms with Crippen LogP contribution >= 0.6 is 0 Å². The third-order valence-corrected chi connectivity index (χ3v) is 2.74. The zero-order chi connectivity index (χ0) is 15.0. The van der Waals surface area contributed by atoms with Gasteiger partial charge in [0.15, 0.2) is 5.65 Å². The van der Waals surface area contributed by atoms with Crippen molar-refractivity contribution < 1.29 is 0 Å². The van der Waals surface area contributed by atoms with Gasteiger partial charge >= 0.3 is 0 Å². The fourth-order valence-electron chi connectivity index (χ4n) is 1.85. The molecule has 2 aromatic heterocycles. The summed E-state index contributed by atoms with van der Waals surface area (Å²) in [7, 11) is 0. The van der Waals surface area contributed by atoms with Crippen molar-refractivity contribution in [2.24, 2.45) is 0 Å². The lowest BCUT2D eigenvalue weighted by Crippen LogP contribution is -1.94. The van der Waals surface area contributed by atoms with Crippen LogP contribution in [0, 0.1) is 6.92 Å². The summed E-state index contributed by atoms with van der Waals surface area (Å²) >= 11 is 0. The molecule has 2 aromatic rings. The number of hydrogen-bond donors (Lipinski definition) is 0. The fourth-order valence-corrected chi connectivity index (χ4v) is 1.85. The van der Waals surface area contributed by atoms with E-state index in [2.05, 4.69) is 29.5 Å².